The molecule has 2 nitrogen and oxygen atoms in total. The molecule has 3 heteroatoms. The van der Waals surface area contributed by atoms with Gasteiger partial charge in [0, 0.05) is 26.9 Å². The molecule has 0 radical (unpaired) electrons. The van der Waals surface area contributed by atoms with E-state index in [2.05, 4.69) is 126 Å². The molecule has 1 aliphatic heterocycles. The first-order valence-corrected chi connectivity index (χ1v) is 14.9. The zero-order chi connectivity index (χ0) is 26.0. The second-order valence-electron chi connectivity index (χ2n) is 10.1. The standard InChI is InChI=1S/C36H24NOP/c38-39(29-23-27(25-12-3-1-4-13-25)22-28(24-29)26-14-5-2-6-15-26)35-21-10-8-17-31(35)33-19-11-18-32-30-16-7-9-20-34(30)37(39)36(32)33/h1-24H. The van der Waals surface area contributed by atoms with Gasteiger partial charge in [0.1, 0.15) is 0 Å². The number of fused-ring (bicyclic) bond motifs is 5. The van der Waals surface area contributed by atoms with E-state index in [9.17, 15) is 0 Å². The van der Waals surface area contributed by atoms with E-state index in [-0.39, 0.29) is 0 Å². The summed E-state index contributed by atoms with van der Waals surface area (Å²) in [6, 6.07) is 50.3. The fourth-order valence-electron chi connectivity index (χ4n) is 6.21. The molecule has 6 aromatic carbocycles. The van der Waals surface area contributed by atoms with Crippen LogP contribution >= 0.6 is 7.29 Å². The van der Waals surface area contributed by atoms with E-state index in [1.165, 1.54) is 0 Å². The van der Waals surface area contributed by atoms with Gasteiger partial charge < -0.3 is 0 Å². The van der Waals surface area contributed by atoms with Gasteiger partial charge in [-0.25, -0.2) is 0 Å². The number of hydrogen-bond donors (Lipinski definition) is 0. The van der Waals surface area contributed by atoms with Crippen molar-refractivity contribution in [3.8, 4) is 33.4 Å². The maximum atomic E-state index is 16.1. The van der Waals surface area contributed by atoms with Gasteiger partial charge in [-0.05, 0) is 58.1 Å². The molecule has 1 unspecified atom stereocenters. The van der Waals surface area contributed by atoms with Crippen LogP contribution in [0.1, 0.15) is 0 Å². The first-order valence-electron chi connectivity index (χ1n) is 13.2. The lowest BCUT2D eigenvalue weighted by Gasteiger charge is -2.30. The molecule has 0 fully saturated rings. The Morgan fingerprint density at radius 3 is 1.74 bits per heavy atom. The van der Waals surface area contributed by atoms with Gasteiger partial charge in [0.2, 0.25) is 7.29 Å². The Bertz CT molecular complexity index is 2030. The summed E-state index contributed by atoms with van der Waals surface area (Å²) in [5.74, 6) is 0. The molecule has 39 heavy (non-hydrogen) atoms. The SMILES string of the molecule is O=P1(c2cc(-c3ccccc3)cc(-c3ccccc3)c2)c2ccccc2-c2cccc3c4ccccc4n1c23. The summed E-state index contributed by atoms with van der Waals surface area (Å²) >= 11 is 0. The molecule has 0 saturated heterocycles. The van der Waals surface area contributed by atoms with Crippen molar-refractivity contribution >= 4 is 39.7 Å². The summed E-state index contributed by atoms with van der Waals surface area (Å²) in [7, 11) is -3.34. The Kier molecular flexibility index (Phi) is 4.83. The minimum absolute atomic E-state index is 0.840. The van der Waals surface area contributed by atoms with Crippen molar-refractivity contribution in [1.29, 1.82) is 0 Å². The van der Waals surface area contributed by atoms with Crippen molar-refractivity contribution < 1.29 is 4.57 Å². The van der Waals surface area contributed by atoms with Gasteiger partial charge in [-0.1, -0.05) is 115 Å². The molecule has 184 valence electrons. The Labute approximate surface area is 227 Å². The van der Waals surface area contributed by atoms with E-state index in [1.807, 2.05) is 24.3 Å². The average molecular weight is 518 g/mol. The van der Waals surface area contributed by atoms with Crippen LogP contribution in [0.5, 0.6) is 0 Å². The molecule has 1 aromatic heterocycles. The summed E-state index contributed by atoms with van der Waals surface area (Å²) in [6.45, 7) is 0. The molecule has 8 rings (SSSR count). The van der Waals surface area contributed by atoms with Crippen LogP contribution in [-0.4, -0.2) is 4.34 Å². The highest BCUT2D eigenvalue weighted by Gasteiger charge is 2.39. The van der Waals surface area contributed by atoms with E-state index in [0.717, 1.165) is 65.8 Å². The minimum Gasteiger partial charge on any atom is -0.289 e. The normalized spacial score (nSPS) is 15.9. The second kappa shape index (κ2) is 8.43. The first-order chi connectivity index (χ1) is 19.2. The maximum Gasteiger partial charge on any atom is 0.234 e. The third-order valence-corrected chi connectivity index (χ3v) is 10.9. The fraction of sp³-hybridized carbons (Fsp3) is 0. The predicted octanol–water partition coefficient (Wildman–Crippen LogP) is 8.89. The third kappa shape index (κ3) is 3.19. The quantitative estimate of drug-likeness (QED) is 0.215. The van der Waals surface area contributed by atoms with Gasteiger partial charge in [0.15, 0.2) is 0 Å². The number of rotatable bonds is 3. The molecule has 0 spiro atoms. The lowest BCUT2D eigenvalue weighted by Crippen LogP contribution is -2.26. The van der Waals surface area contributed by atoms with Crippen molar-refractivity contribution in [2.24, 2.45) is 0 Å². The first kappa shape index (κ1) is 22.3. The van der Waals surface area contributed by atoms with E-state index in [1.54, 1.807) is 0 Å². The molecule has 0 N–H and O–H groups in total. The highest BCUT2D eigenvalue weighted by atomic mass is 31.2. The summed E-state index contributed by atoms with van der Waals surface area (Å²) in [5.41, 5.74) is 8.57. The van der Waals surface area contributed by atoms with Crippen LogP contribution in [0.25, 0.3) is 55.2 Å². The number of nitrogens with zero attached hydrogens (tertiary/aromatic N) is 1. The second-order valence-corrected chi connectivity index (χ2v) is 12.7. The fourth-order valence-corrected chi connectivity index (χ4v) is 9.35. The third-order valence-electron chi connectivity index (χ3n) is 7.95. The molecule has 2 heterocycles. The van der Waals surface area contributed by atoms with E-state index < -0.39 is 7.29 Å². The van der Waals surface area contributed by atoms with Crippen LogP contribution in [-0.2, 0) is 4.57 Å². The molecular weight excluding hydrogens is 493 g/mol. The Morgan fingerprint density at radius 2 is 1.03 bits per heavy atom. The van der Waals surface area contributed by atoms with Gasteiger partial charge in [-0.2, -0.15) is 0 Å². The summed E-state index contributed by atoms with van der Waals surface area (Å²) < 4.78 is 18.2. The topological polar surface area (TPSA) is 22.0 Å². The summed E-state index contributed by atoms with van der Waals surface area (Å²) in [6.07, 6.45) is 0. The molecule has 0 bridgehead atoms. The van der Waals surface area contributed by atoms with Gasteiger partial charge in [0.05, 0.1) is 11.0 Å². The molecule has 1 aliphatic rings. The maximum absolute atomic E-state index is 16.1. The van der Waals surface area contributed by atoms with E-state index in [0.29, 0.717) is 0 Å². The molecule has 7 aromatic rings. The molecular formula is C36H24NOP. The molecule has 0 saturated carbocycles. The van der Waals surface area contributed by atoms with Crippen LogP contribution in [0.3, 0.4) is 0 Å². The van der Waals surface area contributed by atoms with Crippen LogP contribution in [0.4, 0.5) is 0 Å². The van der Waals surface area contributed by atoms with E-state index >= 15 is 4.57 Å². The smallest absolute Gasteiger partial charge is 0.234 e. The predicted molar refractivity (Wildman–Crippen MR) is 164 cm³/mol. The monoisotopic (exact) mass is 517 g/mol. The van der Waals surface area contributed by atoms with Crippen LogP contribution in [0.2, 0.25) is 0 Å². The van der Waals surface area contributed by atoms with Gasteiger partial charge in [0.25, 0.3) is 0 Å². The van der Waals surface area contributed by atoms with Crippen molar-refractivity contribution in [2.45, 2.75) is 0 Å². The lowest BCUT2D eigenvalue weighted by atomic mass is 9.99. The van der Waals surface area contributed by atoms with Gasteiger partial charge in [-0.3, -0.25) is 8.90 Å². The Balaban J connectivity index is 1.54. The lowest BCUT2D eigenvalue weighted by molar-refractivity contribution is 0.583. The number of para-hydroxylation sites is 2. The van der Waals surface area contributed by atoms with Crippen LogP contribution in [0, 0.1) is 0 Å². The molecule has 1 atom stereocenters. The van der Waals surface area contributed by atoms with Crippen molar-refractivity contribution in [2.75, 3.05) is 0 Å². The van der Waals surface area contributed by atoms with Crippen molar-refractivity contribution in [3.63, 3.8) is 0 Å². The van der Waals surface area contributed by atoms with E-state index in [4.69, 9.17) is 0 Å². The van der Waals surface area contributed by atoms with Crippen LogP contribution in [0.15, 0.2) is 146 Å². The van der Waals surface area contributed by atoms with Crippen molar-refractivity contribution in [1.82, 2.24) is 4.34 Å². The zero-order valence-electron chi connectivity index (χ0n) is 21.2. The Morgan fingerprint density at radius 1 is 0.462 bits per heavy atom. The van der Waals surface area contributed by atoms with Gasteiger partial charge in [-0.15, -0.1) is 0 Å². The average Bonchev–Trinajstić information content (AvgIpc) is 3.36. The zero-order valence-corrected chi connectivity index (χ0v) is 22.1. The summed E-state index contributed by atoms with van der Waals surface area (Å²) in [4.78, 5) is 0. The van der Waals surface area contributed by atoms with Crippen LogP contribution < -0.4 is 10.6 Å². The van der Waals surface area contributed by atoms with Gasteiger partial charge >= 0.3 is 0 Å². The van der Waals surface area contributed by atoms with Crippen molar-refractivity contribution in [3.05, 3.63) is 146 Å². The highest BCUT2D eigenvalue weighted by Crippen LogP contribution is 2.57. The summed E-state index contributed by atoms with van der Waals surface area (Å²) in [5, 5.41) is 3.99. The Hall–Kier alpha value is -4.65. The molecule has 0 amide bonds. The number of benzene rings is 6. The molecule has 0 aliphatic carbocycles. The highest BCUT2D eigenvalue weighted by molar-refractivity contribution is 7.78. The largest absolute Gasteiger partial charge is 0.289 e. The number of hydrogen-bond acceptors (Lipinski definition) is 1. The minimum atomic E-state index is -3.34. The number of aromatic nitrogens is 1.